The molecule has 2 atom stereocenters. The number of sulfone groups is 1. The first-order chi connectivity index (χ1) is 16.7. The van der Waals surface area contributed by atoms with Crippen LogP contribution in [-0.4, -0.2) is 81.6 Å². The zero-order valence-corrected chi connectivity index (χ0v) is 24.2. The van der Waals surface area contributed by atoms with Crippen LogP contribution >= 0.6 is 24.8 Å². The zero-order chi connectivity index (χ0) is 24.6. The van der Waals surface area contributed by atoms with Crippen LogP contribution in [0.1, 0.15) is 36.3 Å². The molecule has 0 aromatic heterocycles. The van der Waals surface area contributed by atoms with E-state index in [1.807, 2.05) is 17.0 Å². The van der Waals surface area contributed by atoms with E-state index in [9.17, 15) is 13.2 Å². The first-order valence-corrected chi connectivity index (χ1v) is 14.7. The smallest absolute Gasteiger partial charge is 0.229 e. The molecule has 0 radical (unpaired) electrons. The van der Waals surface area contributed by atoms with Gasteiger partial charge in [0.2, 0.25) is 5.91 Å². The predicted molar refractivity (Wildman–Crippen MR) is 152 cm³/mol. The number of carbonyl (C=O) groups is 1. The summed E-state index contributed by atoms with van der Waals surface area (Å²) in [7, 11) is -0.980. The summed E-state index contributed by atoms with van der Waals surface area (Å²) in [6.07, 6.45) is 4.02. The molecule has 1 spiro atoms. The molecular formula is C28H39Cl2N3O3S. The second kappa shape index (κ2) is 12.0. The van der Waals surface area contributed by atoms with Gasteiger partial charge < -0.3 is 14.7 Å². The van der Waals surface area contributed by atoms with Crippen LogP contribution in [0.3, 0.4) is 0 Å². The molecule has 0 aliphatic carbocycles. The molecule has 3 aliphatic rings. The largest absolute Gasteiger partial charge is 0.338 e. The Morgan fingerprint density at radius 3 is 2.14 bits per heavy atom. The van der Waals surface area contributed by atoms with E-state index < -0.39 is 9.84 Å². The minimum Gasteiger partial charge on any atom is -0.338 e. The minimum absolute atomic E-state index is 0. The van der Waals surface area contributed by atoms with Gasteiger partial charge in [-0.3, -0.25) is 4.79 Å². The van der Waals surface area contributed by atoms with Crippen molar-refractivity contribution in [2.75, 3.05) is 52.6 Å². The number of likely N-dealkylation sites (N-methyl/N-ethyl adjacent to an activating group) is 1. The second-order valence-electron chi connectivity index (χ2n) is 11.0. The molecule has 2 unspecified atom stereocenters. The molecule has 3 fully saturated rings. The Morgan fingerprint density at radius 1 is 0.892 bits per heavy atom. The van der Waals surface area contributed by atoms with Crippen LogP contribution in [-0.2, 0) is 21.2 Å². The Morgan fingerprint density at radius 2 is 1.51 bits per heavy atom. The number of nitrogens with zero attached hydrogens (tertiary/aromatic N) is 3. The molecule has 3 heterocycles. The molecule has 0 bridgehead atoms. The predicted octanol–water partition coefficient (Wildman–Crippen LogP) is 4.09. The SMILES string of the molecule is CN1CC(CN2CCC3(CC2)CCN(Cc2ccc(S(C)(=O)=O)cc2)C3=O)C(c2ccccc2)C1.Cl.Cl. The molecule has 9 heteroatoms. The summed E-state index contributed by atoms with van der Waals surface area (Å²) >= 11 is 0. The summed E-state index contributed by atoms with van der Waals surface area (Å²) in [5.41, 5.74) is 2.22. The number of halogens is 2. The number of hydrogen-bond acceptors (Lipinski definition) is 5. The maximum absolute atomic E-state index is 13.4. The average Bonchev–Trinajstić information content (AvgIpc) is 3.36. The Hall–Kier alpha value is -1.64. The summed E-state index contributed by atoms with van der Waals surface area (Å²) in [6.45, 7) is 6.67. The second-order valence-corrected chi connectivity index (χ2v) is 13.0. The number of amides is 1. The van der Waals surface area contributed by atoms with Crippen LogP contribution < -0.4 is 0 Å². The van der Waals surface area contributed by atoms with E-state index in [0.29, 0.717) is 23.3 Å². The summed E-state index contributed by atoms with van der Waals surface area (Å²) < 4.78 is 23.4. The van der Waals surface area contributed by atoms with Gasteiger partial charge in [-0.1, -0.05) is 42.5 Å². The summed E-state index contributed by atoms with van der Waals surface area (Å²) in [5.74, 6) is 1.49. The molecule has 3 saturated heterocycles. The fourth-order valence-electron chi connectivity index (χ4n) is 6.42. The molecule has 0 saturated carbocycles. The molecule has 5 rings (SSSR count). The van der Waals surface area contributed by atoms with E-state index in [0.717, 1.165) is 64.1 Å². The number of benzene rings is 2. The van der Waals surface area contributed by atoms with Crippen LogP contribution in [0.25, 0.3) is 0 Å². The first-order valence-electron chi connectivity index (χ1n) is 12.8. The third-order valence-corrected chi connectivity index (χ3v) is 9.61. The van der Waals surface area contributed by atoms with Gasteiger partial charge in [-0.25, -0.2) is 8.42 Å². The molecule has 0 N–H and O–H groups in total. The van der Waals surface area contributed by atoms with Crippen LogP contribution in [0.5, 0.6) is 0 Å². The Kier molecular flexibility index (Phi) is 9.73. The highest BCUT2D eigenvalue weighted by atomic mass is 35.5. The van der Waals surface area contributed by atoms with Crippen LogP contribution in [0, 0.1) is 11.3 Å². The Bertz CT molecular complexity index is 1150. The van der Waals surface area contributed by atoms with Crippen molar-refractivity contribution in [2.45, 2.75) is 36.6 Å². The molecule has 6 nitrogen and oxygen atoms in total. The van der Waals surface area contributed by atoms with Crippen LogP contribution in [0.4, 0.5) is 0 Å². The standard InChI is InChI=1S/C28H37N3O3S.2ClH/c1-29-19-24(26(21-29)23-6-4-3-5-7-23)20-30-15-12-28(13-16-30)14-17-31(27(28)32)18-22-8-10-25(11-9-22)35(2,33)34;;/h3-11,24,26H,12-21H2,1-2H3;2*1H. The number of likely N-dealkylation sites (tertiary alicyclic amines) is 3. The van der Waals surface area contributed by atoms with Gasteiger partial charge in [-0.2, -0.15) is 0 Å². The van der Waals surface area contributed by atoms with Gasteiger partial charge in [0.05, 0.1) is 10.3 Å². The number of hydrogen-bond donors (Lipinski definition) is 0. The highest BCUT2D eigenvalue weighted by Gasteiger charge is 2.48. The molecule has 2 aromatic carbocycles. The van der Waals surface area contributed by atoms with E-state index in [-0.39, 0.29) is 36.1 Å². The Labute approximate surface area is 234 Å². The van der Waals surface area contributed by atoms with Crippen molar-refractivity contribution in [1.82, 2.24) is 14.7 Å². The van der Waals surface area contributed by atoms with E-state index >= 15 is 0 Å². The molecular weight excluding hydrogens is 529 g/mol. The fourth-order valence-corrected chi connectivity index (χ4v) is 7.05. The van der Waals surface area contributed by atoms with Crippen molar-refractivity contribution in [3.05, 3.63) is 65.7 Å². The topological polar surface area (TPSA) is 60.9 Å². The molecule has 204 valence electrons. The van der Waals surface area contributed by atoms with Gasteiger partial charge >= 0.3 is 0 Å². The van der Waals surface area contributed by atoms with Crippen molar-refractivity contribution >= 4 is 40.6 Å². The van der Waals surface area contributed by atoms with E-state index in [2.05, 4.69) is 47.2 Å². The van der Waals surface area contributed by atoms with Crippen molar-refractivity contribution < 1.29 is 13.2 Å². The van der Waals surface area contributed by atoms with Crippen molar-refractivity contribution in [1.29, 1.82) is 0 Å². The maximum atomic E-state index is 13.4. The van der Waals surface area contributed by atoms with E-state index in [4.69, 9.17) is 0 Å². The van der Waals surface area contributed by atoms with Gasteiger partial charge in [0.1, 0.15) is 0 Å². The summed E-state index contributed by atoms with van der Waals surface area (Å²) in [4.78, 5) is 20.8. The number of piperidine rings is 1. The van der Waals surface area contributed by atoms with Crippen molar-refractivity contribution in [3.63, 3.8) is 0 Å². The quantitative estimate of drug-likeness (QED) is 0.526. The molecule has 1 amide bonds. The summed E-state index contributed by atoms with van der Waals surface area (Å²) in [6, 6.07) is 17.9. The van der Waals surface area contributed by atoms with Gasteiger partial charge in [-0.15, -0.1) is 24.8 Å². The average molecular weight is 569 g/mol. The van der Waals surface area contributed by atoms with Crippen LogP contribution in [0.2, 0.25) is 0 Å². The number of rotatable bonds is 6. The Balaban J connectivity index is 0.00000190. The fraction of sp³-hybridized carbons (Fsp3) is 0.536. The lowest BCUT2D eigenvalue weighted by molar-refractivity contribution is -0.139. The van der Waals surface area contributed by atoms with Crippen LogP contribution in [0.15, 0.2) is 59.5 Å². The lowest BCUT2D eigenvalue weighted by atomic mass is 9.76. The van der Waals surface area contributed by atoms with Gasteiger partial charge in [-0.05, 0) is 68.6 Å². The van der Waals surface area contributed by atoms with E-state index in [1.54, 1.807) is 12.1 Å². The van der Waals surface area contributed by atoms with Gasteiger partial charge in [0.25, 0.3) is 0 Å². The van der Waals surface area contributed by atoms with Gasteiger partial charge in [0.15, 0.2) is 9.84 Å². The first kappa shape index (κ1) is 29.9. The molecule has 3 aliphatic heterocycles. The maximum Gasteiger partial charge on any atom is 0.229 e. The highest BCUT2D eigenvalue weighted by Crippen LogP contribution is 2.43. The normalized spacial score (nSPS) is 24.2. The lowest BCUT2D eigenvalue weighted by Crippen LogP contribution is -2.46. The molecule has 2 aromatic rings. The third-order valence-electron chi connectivity index (χ3n) is 8.48. The van der Waals surface area contributed by atoms with Gasteiger partial charge in [0, 0.05) is 44.9 Å². The monoisotopic (exact) mass is 567 g/mol. The lowest BCUT2D eigenvalue weighted by Gasteiger charge is -2.39. The number of carbonyl (C=O) groups excluding carboxylic acids is 1. The minimum atomic E-state index is -3.20. The third kappa shape index (κ3) is 6.51. The molecule has 37 heavy (non-hydrogen) atoms. The summed E-state index contributed by atoms with van der Waals surface area (Å²) in [5, 5.41) is 0. The zero-order valence-electron chi connectivity index (χ0n) is 21.7. The van der Waals surface area contributed by atoms with E-state index in [1.165, 1.54) is 11.8 Å². The van der Waals surface area contributed by atoms with Crippen molar-refractivity contribution in [3.8, 4) is 0 Å². The van der Waals surface area contributed by atoms with Crippen molar-refractivity contribution in [2.24, 2.45) is 11.3 Å². The highest BCUT2D eigenvalue weighted by molar-refractivity contribution is 7.90.